The zero-order chi connectivity index (χ0) is 17.1. The zero-order valence-electron chi connectivity index (χ0n) is 12.9. The van der Waals surface area contributed by atoms with Crippen LogP contribution in [0.1, 0.15) is 11.3 Å². The molecule has 0 saturated heterocycles. The molecule has 0 aliphatic carbocycles. The lowest BCUT2D eigenvalue weighted by Crippen LogP contribution is -2.19. The van der Waals surface area contributed by atoms with Gasteiger partial charge in [-0.3, -0.25) is 14.2 Å². The molecular formula is C16H15ClFN5O. The smallest absolute Gasteiger partial charge is 0.247 e. The topological polar surface area (TPSA) is 64.7 Å². The van der Waals surface area contributed by atoms with Crippen LogP contribution >= 0.6 is 11.6 Å². The first-order chi connectivity index (χ1) is 11.5. The highest BCUT2D eigenvalue weighted by Crippen LogP contribution is 2.20. The molecule has 0 spiro atoms. The largest absolute Gasteiger partial charge is 0.306 e. The van der Waals surface area contributed by atoms with Gasteiger partial charge in [0.1, 0.15) is 17.4 Å². The number of aromatic nitrogens is 4. The van der Waals surface area contributed by atoms with Gasteiger partial charge in [0.2, 0.25) is 5.91 Å². The second-order valence-electron chi connectivity index (χ2n) is 5.36. The Balaban J connectivity index is 1.66. The maximum Gasteiger partial charge on any atom is 0.247 e. The van der Waals surface area contributed by atoms with Crippen molar-refractivity contribution >= 4 is 23.3 Å². The first kappa shape index (κ1) is 16.2. The average molecular weight is 348 g/mol. The quantitative estimate of drug-likeness (QED) is 0.771. The maximum absolute atomic E-state index is 13.2. The lowest BCUT2D eigenvalue weighted by molar-refractivity contribution is -0.116. The van der Waals surface area contributed by atoms with Gasteiger partial charge in [0, 0.05) is 12.4 Å². The molecule has 1 amide bonds. The van der Waals surface area contributed by atoms with Crippen molar-refractivity contribution in [3.05, 3.63) is 64.8 Å². The molecule has 6 nitrogen and oxygen atoms in total. The van der Waals surface area contributed by atoms with E-state index >= 15 is 0 Å². The predicted octanol–water partition coefficient (Wildman–Crippen LogP) is 2.87. The highest BCUT2D eigenvalue weighted by molar-refractivity contribution is 6.33. The van der Waals surface area contributed by atoms with Gasteiger partial charge in [-0.25, -0.2) is 4.39 Å². The van der Waals surface area contributed by atoms with E-state index in [-0.39, 0.29) is 24.1 Å². The number of hydrogen-bond acceptors (Lipinski definition) is 3. The fourth-order valence-electron chi connectivity index (χ4n) is 2.26. The molecule has 1 aromatic carbocycles. The molecule has 0 unspecified atom stereocenters. The van der Waals surface area contributed by atoms with Crippen molar-refractivity contribution < 1.29 is 9.18 Å². The van der Waals surface area contributed by atoms with Crippen molar-refractivity contribution in [2.45, 2.75) is 20.0 Å². The Kier molecular flexibility index (Phi) is 4.61. The molecule has 2 aromatic heterocycles. The monoisotopic (exact) mass is 347 g/mol. The number of carbonyl (C=O) groups excluding carboxylic acids is 1. The Labute approximate surface area is 142 Å². The summed E-state index contributed by atoms with van der Waals surface area (Å²) in [6.07, 6.45) is 3.30. The number of benzene rings is 1. The fraction of sp³-hybridized carbons (Fsp3) is 0.188. The van der Waals surface area contributed by atoms with Crippen molar-refractivity contribution in [3.63, 3.8) is 0 Å². The molecule has 0 atom stereocenters. The highest BCUT2D eigenvalue weighted by atomic mass is 35.5. The van der Waals surface area contributed by atoms with Crippen LogP contribution in [0.15, 0.2) is 42.7 Å². The number of carbonyl (C=O) groups is 1. The molecule has 0 aliphatic heterocycles. The van der Waals surface area contributed by atoms with Gasteiger partial charge >= 0.3 is 0 Å². The molecule has 3 rings (SSSR count). The normalized spacial score (nSPS) is 10.8. The van der Waals surface area contributed by atoms with E-state index in [0.717, 1.165) is 11.3 Å². The second-order valence-corrected chi connectivity index (χ2v) is 5.76. The number of amides is 1. The molecular weight excluding hydrogens is 333 g/mol. The van der Waals surface area contributed by atoms with Crippen LogP contribution in [0, 0.1) is 12.7 Å². The summed E-state index contributed by atoms with van der Waals surface area (Å²) in [6, 6.07) is 8.03. The predicted molar refractivity (Wildman–Crippen MR) is 88.3 cm³/mol. The van der Waals surface area contributed by atoms with Crippen LogP contribution in [0.25, 0.3) is 0 Å². The van der Waals surface area contributed by atoms with Crippen molar-refractivity contribution in [2.75, 3.05) is 5.32 Å². The van der Waals surface area contributed by atoms with E-state index in [4.69, 9.17) is 11.6 Å². The average Bonchev–Trinajstić information content (AvgIpc) is 3.05. The number of nitrogens with zero attached hydrogens (tertiary/aromatic N) is 4. The number of halogens is 2. The van der Waals surface area contributed by atoms with Gasteiger partial charge < -0.3 is 5.32 Å². The Bertz CT molecular complexity index is 873. The van der Waals surface area contributed by atoms with Gasteiger partial charge in [-0.05, 0) is 30.7 Å². The van der Waals surface area contributed by atoms with E-state index in [1.54, 1.807) is 29.2 Å². The molecule has 3 aromatic rings. The minimum absolute atomic E-state index is 0.0704. The summed E-state index contributed by atoms with van der Waals surface area (Å²) in [6.45, 7) is 2.27. The van der Waals surface area contributed by atoms with Gasteiger partial charge in [-0.2, -0.15) is 10.2 Å². The minimum atomic E-state index is -0.311. The van der Waals surface area contributed by atoms with Crippen LogP contribution in [0.4, 0.5) is 10.2 Å². The summed E-state index contributed by atoms with van der Waals surface area (Å²) in [7, 11) is 0. The van der Waals surface area contributed by atoms with Crippen molar-refractivity contribution in [1.29, 1.82) is 0 Å². The third kappa shape index (κ3) is 3.99. The first-order valence-corrected chi connectivity index (χ1v) is 7.65. The van der Waals surface area contributed by atoms with Crippen molar-refractivity contribution in [3.8, 4) is 0 Å². The number of nitrogens with one attached hydrogen (secondary N) is 1. The standard InChI is InChI=1S/C16H15ClFN5O/c1-11-5-6-22(20-11)10-15(24)19-16-14(17)9-23(21-16)8-12-3-2-4-13(18)7-12/h2-7,9H,8,10H2,1H3,(H,19,21,24). The van der Waals surface area contributed by atoms with Crippen molar-refractivity contribution in [2.24, 2.45) is 0 Å². The fourth-order valence-corrected chi connectivity index (χ4v) is 2.45. The Morgan fingerprint density at radius 1 is 1.29 bits per heavy atom. The minimum Gasteiger partial charge on any atom is -0.306 e. The second kappa shape index (κ2) is 6.84. The summed E-state index contributed by atoms with van der Waals surface area (Å²) in [4.78, 5) is 12.0. The van der Waals surface area contributed by atoms with Crippen LogP contribution in [0.2, 0.25) is 5.02 Å². The van der Waals surface area contributed by atoms with Crippen molar-refractivity contribution in [1.82, 2.24) is 19.6 Å². The van der Waals surface area contributed by atoms with Crippen LogP contribution in [-0.2, 0) is 17.9 Å². The van der Waals surface area contributed by atoms with E-state index in [0.29, 0.717) is 11.6 Å². The molecule has 0 saturated carbocycles. The molecule has 0 bridgehead atoms. The Morgan fingerprint density at radius 3 is 2.83 bits per heavy atom. The van der Waals surface area contributed by atoms with Crippen LogP contribution in [0.5, 0.6) is 0 Å². The summed E-state index contributed by atoms with van der Waals surface area (Å²) in [5, 5.41) is 11.3. The van der Waals surface area contributed by atoms with Gasteiger partial charge in [0.25, 0.3) is 0 Å². The molecule has 1 N–H and O–H groups in total. The number of rotatable bonds is 5. The van der Waals surface area contributed by atoms with Gasteiger partial charge in [0.15, 0.2) is 5.82 Å². The lowest BCUT2D eigenvalue weighted by atomic mass is 10.2. The van der Waals surface area contributed by atoms with Crippen LogP contribution in [-0.4, -0.2) is 25.5 Å². The van der Waals surface area contributed by atoms with Crippen LogP contribution in [0.3, 0.4) is 0 Å². The van der Waals surface area contributed by atoms with Crippen LogP contribution < -0.4 is 5.32 Å². The number of anilines is 1. The summed E-state index contributed by atoms with van der Waals surface area (Å²) in [5.74, 6) is -0.327. The Morgan fingerprint density at radius 2 is 2.12 bits per heavy atom. The summed E-state index contributed by atoms with van der Waals surface area (Å²) >= 11 is 6.10. The molecule has 24 heavy (non-hydrogen) atoms. The van der Waals surface area contributed by atoms with E-state index < -0.39 is 0 Å². The van der Waals surface area contributed by atoms with E-state index in [1.165, 1.54) is 16.8 Å². The Hall–Kier alpha value is -2.67. The molecule has 0 fully saturated rings. The lowest BCUT2D eigenvalue weighted by Gasteiger charge is -2.04. The zero-order valence-corrected chi connectivity index (χ0v) is 13.7. The molecule has 0 radical (unpaired) electrons. The van der Waals surface area contributed by atoms with E-state index in [2.05, 4.69) is 15.5 Å². The molecule has 2 heterocycles. The van der Waals surface area contributed by atoms with Gasteiger partial charge in [-0.1, -0.05) is 23.7 Å². The third-order valence-electron chi connectivity index (χ3n) is 3.29. The SMILES string of the molecule is Cc1ccn(CC(=O)Nc2nn(Cc3cccc(F)c3)cc2Cl)n1. The number of aryl methyl sites for hydroxylation is 1. The maximum atomic E-state index is 13.2. The molecule has 0 aliphatic rings. The van der Waals surface area contributed by atoms with E-state index in [9.17, 15) is 9.18 Å². The molecule has 124 valence electrons. The summed E-state index contributed by atoms with van der Waals surface area (Å²) in [5.41, 5.74) is 1.58. The summed E-state index contributed by atoms with van der Waals surface area (Å²) < 4.78 is 16.3. The van der Waals surface area contributed by atoms with Gasteiger partial charge in [-0.15, -0.1) is 0 Å². The van der Waals surface area contributed by atoms with E-state index in [1.807, 2.05) is 13.0 Å². The van der Waals surface area contributed by atoms with Gasteiger partial charge in [0.05, 0.1) is 12.2 Å². The number of hydrogen-bond donors (Lipinski definition) is 1. The third-order valence-corrected chi connectivity index (χ3v) is 3.56. The first-order valence-electron chi connectivity index (χ1n) is 7.27. The highest BCUT2D eigenvalue weighted by Gasteiger charge is 2.12. The molecule has 8 heteroatoms.